The van der Waals surface area contributed by atoms with Crippen LogP contribution in [0.4, 0.5) is 0 Å². The fourth-order valence-electron chi connectivity index (χ4n) is 3.86. The molecule has 0 amide bonds. The van der Waals surface area contributed by atoms with E-state index in [1.807, 2.05) is 25.1 Å². The van der Waals surface area contributed by atoms with E-state index in [1.165, 1.54) is 0 Å². The average Bonchev–Trinajstić information content (AvgIpc) is 3.22. The Hall–Kier alpha value is -3.41. The predicted molar refractivity (Wildman–Crippen MR) is 110 cm³/mol. The van der Waals surface area contributed by atoms with E-state index in [9.17, 15) is 9.90 Å². The summed E-state index contributed by atoms with van der Waals surface area (Å²) >= 11 is 0. The third-order valence-electron chi connectivity index (χ3n) is 5.21. The molecule has 0 fully saturated rings. The minimum absolute atomic E-state index is 0.0920. The zero-order chi connectivity index (χ0) is 20.5. The van der Waals surface area contributed by atoms with Crippen molar-refractivity contribution in [1.82, 2.24) is 0 Å². The van der Waals surface area contributed by atoms with Crippen LogP contribution >= 0.6 is 0 Å². The molecule has 4 rings (SSSR count). The Labute approximate surface area is 168 Å². The van der Waals surface area contributed by atoms with Gasteiger partial charge in [-0.25, -0.2) is 0 Å². The lowest BCUT2D eigenvalue weighted by Crippen LogP contribution is -2.00. The molecule has 0 bridgehead atoms. The van der Waals surface area contributed by atoms with Crippen molar-refractivity contribution in [3.63, 3.8) is 0 Å². The molecule has 0 spiro atoms. The Morgan fingerprint density at radius 1 is 1.03 bits per heavy atom. The highest BCUT2D eigenvalue weighted by Gasteiger charge is 2.23. The van der Waals surface area contributed by atoms with Crippen LogP contribution in [0, 0.1) is 0 Å². The zero-order valence-corrected chi connectivity index (χ0v) is 16.6. The Balaban J connectivity index is 2.12. The number of phenols is 1. The maximum atomic E-state index is 12.2. The van der Waals surface area contributed by atoms with E-state index in [0.29, 0.717) is 51.3 Å². The topological polar surface area (TPSA) is 74.2 Å². The third kappa shape index (κ3) is 3.01. The van der Waals surface area contributed by atoms with Gasteiger partial charge < -0.3 is 24.1 Å². The molecule has 0 saturated carbocycles. The second-order valence-corrected chi connectivity index (χ2v) is 6.80. The third-order valence-corrected chi connectivity index (χ3v) is 5.21. The molecular weight excluding hydrogens is 372 g/mol. The van der Waals surface area contributed by atoms with E-state index < -0.39 is 0 Å². The van der Waals surface area contributed by atoms with Crippen LogP contribution in [0.2, 0.25) is 0 Å². The van der Waals surface area contributed by atoms with Crippen molar-refractivity contribution in [2.24, 2.45) is 0 Å². The van der Waals surface area contributed by atoms with Crippen molar-refractivity contribution in [3.05, 3.63) is 41.5 Å². The molecule has 0 atom stereocenters. The van der Waals surface area contributed by atoms with Crippen LogP contribution in [0.3, 0.4) is 0 Å². The van der Waals surface area contributed by atoms with E-state index >= 15 is 0 Å². The average molecular weight is 394 g/mol. The van der Waals surface area contributed by atoms with Gasteiger partial charge in [0.25, 0.3) is 0 Å². The van der Waals surface area contributed by atoms with Gasteiger partial charge in [-0.15, -0.1) is 0 Å². The number of aldehydes is 1. The smallest absolute Gasteiger partial charge is 0.231 e. The summed E-state index contributed by atoms with van der Waals surface area (Å²) < 4.78 is 21.8. The summed E-state index contributed by atoms with van der Waals surface area (Å²) in [4.78, 5) is 12.2. The molecular formula is C23H22O6. The molecule has 1 aliphatic heterocycles. The maximum Gasteiger partial charge on any atom is 0.231 e. The minimum Gasteiger partial charge on any atom is -0.507 e. The van der Waals surface area contributed by atoms with Crippen LogP contribution < -0.4 is 18.9 Å². The summed E-state index contributed by atoms with van der Waals surface area (Å²) in [5, 5.41) is 12.3. The zero-order valence-electron chi connectivity index (χ0n) is 16.6. The molecule has 1 N–H and O–H groups in total. The number of methoxy groups -OCH3 is 2. The lowest BCUT2D eigenvalue weighted by atomic mass is 9.87. The summed E-state index contributed by atoms with van der Waals surface area (Å²) in [5.74, 6) is 2.40. The summed E-state index contributed by atoms with van der Waals surface area (Å²) in [6.07, 6.45) is 2.16. The number of rotatable bonds is 6. The van der Waals surface area contributed by atoms with Gasteiger partial charge in [0.15, 0.2) is 29.3 Å². The van der Waals surface area contributed by atoms with Gasteiger partial charge in [0.05, 0.1) is 14.2 Å². The molecule has 1 heterocycles. The summed E-state index contributed by atoms with van der Waals surface area (Å²) in [7, 11) is 3.10. The van der Waals surface area contributed by atoms with Crippen molar-refractivity contribution in [2.75, 3.05) is 21.0 Å². The van der Waals surface area contributed by atoms with Gasteiger partial charge in [-0.3, -0.25) is 4.79 Å². The molecule has 0 radical (unpaired) electrons. The Kier molecular flexibility index (Phi) is 4.92. The van der Waals surface area contributed by atoms with E-state index in [0.717, 1.165) is 23.8 Å². The molecule has 0 saturated heterocycles. The monoisotopic (exact) mass is 394 g/mol. The van der Waals surface area contributed by atoms with E-state index in [-0.39, 0.29) is 12.5 Å². The minimum atomic E-state index is 0.0920. The predicted octanol–water partition coefficient (Wildman–Crippen LogP) is 4.72. The molecule has 6 nitrogen and oxygen atoms in total. The van der Waals surface area contributed by atoms with Gasteiger partial charge in [-0.1, -0.05) is 19.4 Å². The molecule has 0 aliphatic carbocycles. The lowest BCUT2D eigenvalue weighted by Gasteiger charge is -2.19. The van der Waals surface area contributed by atoms with Crippen LogP contribution in [-0.2, 0) is 6.42 Å². The van der Waals surface area contributed by atoms with Crippen LogP contribution in [0.5, 0.6) is 28.7 Å². The number of hydrogen-bond donors (Lipinski definition) is 1. The first-order valence-electron chi connectivity index (χ1n) is 9.41. The van der Waals surface area contributed by atoms with Gasteiger partial charge in [0.1, 0.15) is 5.75 Å². The van der Waals surface area contributed by atoms with Gasteiger partial charge in [0.2, 0.25) is 6.79 Å². The molecule has 1 aliphatic rings. The quantitative estimate of drug-likeness (QED) is 0.610. The fraction of sp³-hybridized carbons (Fsp3) is 0.261. The van der Waals surface area contributed by atoms with Crippen LogP contribution in [0.1, 0.15) is 29.3 Å². The van der Waals surface area contributed by atoms with Crippen LogP contribution in [-0.4, -0.2) is 32.4 Å². The normalized spacial score (nSPS) is 12.2. The van der Waals surface area contributed by atoms with Crippen molar-refractivity contribution in [1.29, 1.82) is 0 Å². The Bertz CT molecular complexity index is 1100. The van der Waals surface area contributed by atoms with Crippen molar-refractivity contribution in [2.45, 2.75) is 19.8 Å². The number of phenolic OH excluding ortho intramolecular Hbond substituents is 1. The van der Waals surface area contributed by atoms with Gasteiger partial charge in [-0.2, -0.15) is 0 Å². The van der Waals surface area contributed by atoms with Gasteiger partial charge in [0, 0.05) is 22.1 Å². The Morgan fingerprint density at radius 2 is 1.72 bits per heavy atom. The standard InChI is InChI=1S/C23H22O6/c1-4-5-14-17(11-24)22(13-6-7-18-21(8-13)29-12-28-18)15-9-19(26-2)20(27-3)10-16(15)23(14)25/h6-11,25H,4-5,12H2,1-3H3. The van der Waals surface area contributed by atoms with Crippen molar-refractivity contribution < 1.29 is 28.8 Å². The molecule has 3 aromatic carbocycles. The molecule has 0 aromatic heterocycles. The van der Waals surface area contributed by atoms with E-state index in [1.54, 1.807) is 26.4 Å². The number of carbonyl (C=O) groups is 1. The first kappa shape index (κ1) is 18.9. The largest absolute Gasteiger partial charge is 0.507 e. The summed E-state index contributed by atoms with van der Waals surface area (Å²) in [6, 6.07) is 9.10. The number of fused-ring (bicyclic) bond motifs is 2. The second-order valence-electron chi connectivity index (χ2n) is 6.80. The highest BCUT2D eigenvalue weighted by Crippen LogP contribution is 2.46. The highest BCUT2D eigenvalue weighted by molar-refractivity contribution is 6.09. The van der Waals surface area contributed by atoms with Gasteiger partial charge >= 0.3 is 0 Å². The molecule has 29 heavy (non-hydrogen) atoms. The molecule has 6 heteroatoms. The maximum absolute atomic E-state index is 12.2. The van der Waals surface area contributed by atoms with Gasteiger partial charge in [-0.05, 0) is 41.6 Å². The second kappa shape index (κ2) is 7.54. The van der Waals surface area contributed by atoms with Crippen molar-refractivity contribution in [3.8, 4) is 39.9 Å². The van der Waals surface area contributed by atoms with Crippen LogP contribution in [0.25, 0.3) is 21.9 Å². The van der Waals surface area contributed by atoms with Crippen LogP contribution in [0.15, 0.2) is 30.3 Å². The number of ether oxygens (including phenoxy) is 4. The first-order valence-corrected chi connectivity index (χ1v) is 9.41. The highest BCUT2D eigenvalue weighted by atomic mass is 16.7. The van der Waals surface area contributed by atoms with E-state index in [2.05, 4.69) is 0 Å². The molecule has 0 unspecified atom stereocenters. The first-order chi connectivity index (χ1) is 14.1. The summed E-state index contributed by atoms with van der Waals surface area (Å²) in [6.45, 7) is 2.18. The molecule has 150 valence electrons. The number of carbonyl (C=O) groups excluding carboxylic acids is 1. The van der Waals surface area contributed by atoms with E-state index in [4.69, 9.17) is 18.9 Å². The number of benzene rings is 3. The SMILES string of the molecule is CCCc1c(C=O)c(-c2ccc3c(c2)OCO3)c2cc(OC)c(OC)cc2c1O. The summed E-state index contributed by atoms with van der Waals surface area (Å²) in [5.41, 5.74) is 2.60. The number of aromatic hydroxyl groups is 1. The molecule has 3 aromatic rings. The Morgan fingerprint density at radius 3 is 2.38 bits per heavy atom. The van der Waals surface area contributed by atoms with Crippen molar-refractivity contribution >= 4 is 17.1 Å². The number of hydrogen-bond acceptors (Lipinski definition) is 6. The lowest BCUT2D eigenvalue weighted by molar-refractivity contribution is 0.112. The fourth-order valence-corrected chi connectivity index (χ4v) is 3.86.